The Labute approximate surface area is 102 Å². The summed E-state index contributed by atoms with van der Waals surface area (Å²) >= 11 is 0. The SMILES string of the molecule is CCN(CC(C)C(=O)O)C(=O)C1CNCC1C. The Bertz CT molecular complexity index is 293. The Balaban J connectivity index is 2.60. The van der Waals surface area contributed by atoms with Crippen molar-refractivity contribution in [3.63, 3.8) is 0 Å². The molecule has 0 aromatic rings. The fourth-order valence-electron chi connectivity index (χ4n) is 2.16. The van der Waals surface area contributed by atoms with E-state index in [2.05, 4.69) is 12.2 Å². The second kappa shape index (κ2) is 6.00. The first-order chi connectivity index (χ1) is 7.97. The number of nitrogens with one attached hydrogen (secondary N) is 1. The first-order valence-corrected chi connectivity index (χ1v) is 6.19. The van der Waals surface area contributed by atoms with E-state index in [9.17, 15) is 9.59 Å². The lowest BCUT2D eigenvalue weighted by Crippen LogP contribution is -2.42. The van der Waals surface area contributed by atoms with Gasteiger partial charge in [-0.3, -0.25) is 9.59 Å². The molecule has 0 bridgehead atoms. The highest BCUT2D eigenvalue weighted by Crippen LogP contribution is 2.19. The Morgan fingerprint density at radius 3 is 2.53 bits per heavy atom. The molecule has 1 fully saturated rings. The summed E-state index contributed by atoms with van der Waals surface area (Å²) in [5, 5.41) is 12.1. The number of amides is 1. The summed E-state index contributed by atoms with van der Waals surface area (Å²) in [7, 11) is 0. The van der Waals surface area contributed by atoms with E-state index >= 15 is 0 Å². The van der Waals surface area contributed by atoms with Gasteiger partial charge in [-0.15, -0.1) is 0 Å². The van der Waals surface area contributed by atoms with Crippen molar-refractivity contribution in [2.75, 3.05) is 26.2 Å². The third-order valence-corrected chi connectivity index (χ3v) is 3.44. The quantitative estimate of drug-likeness (QED) is 0.732. The van der Waals surface area contributed by atoms with Crippen LogP contribution in [0.3, 0.4) is 0 Å². The van der Waals surface area contributed by atoms with Crippen molar-refractivity contribution in [1.82, 2.24) is 10.2 Å². The molecule has 98 valence electrons. The molecule has 2 N–H and O–H groups in total. The van der Waals surface area contributed by atoms with Gasteiger partial charge < -0.3 is 15.3 Å². The van der Waals surface area contributed by atoms with Crippen molar-refractivity contribution in [3.8, 4) is 0 Å². The van der Waals surface area contributed by atoms with E-state index in [4.69, 9.17) is 5.11 Å². The molecule has 0 aliphatic carbocycles. The number of carbonyl (C=O) groups excluding carboxylic acids is 1. The molecule has 0 radical (unpaired) electrons. The van der Waals surface area contributed by atoms with Gasteiger partial charge in [0, 0.05) is 19.6 Å². The molecule has 1 amide bonds. The van der Waals surface area contributed by atoms with Crippen molar-refractivity contribution < 1.29 is 14.7 Å². The van der Waals surface area contributed by atoms with Gasteiger partial charge in [-0.1, -0.05) is 13.8 Å². The summed E-state index contributed by atoms with van der Waals surface area (Å²) in [5.74, 6) is -0.955. The number of rotatable bonds is 5. The molecule has 0 spiro atoms. The first kappa shape index (κ1) is 14.0. The van der Waals surface area contributed by atoms with Gasteiger partial charge in [0.1, 0.15) is 0 Å². The third-order valence-electron chi connectivity index (χ3n) is 3.44. The van der Waals surface area contributed by atoms with Crippen LogP contribution in [0.4, 0.5) is 0 Å². The van der Waals surface area contributed by atoms with E-state index in [0.29, 0.717) is 25.6 Å². The topological polar surface area (TPSA) is 69.6 Å². The van der Waals surface area contributed by atoms with Crippen molar-refractivity contribution in [2.45, 2.75) is 20.8 Å². The van der Waals surface area contributed by atoms with E-state index in [-0.39, 0.29) is 11.8 Å². The number of carbonyl (C=O) groups is 2. The van der Waals surface area contributed by atoms with Gasteiger partial charge in [0.2, 0.25) is 5.91 Å². The van der Waals surface area contributed by atoms with Gasteiger partial charge in [-0.25, -0.2) is 0 Å². The van der Waals surface area contributed by atoms with Crippen molar-refractivity contribution in [3.05, 3.63) is 0 Å². The average Bonchev–Trinajstić information content (AvgIpc) is 2.70. The zero-order valence-electron chi connectivity index (χ0n) is 10.8. The van der Waals surface area contributed by atoms with Crippen LogP contribution >= 0.6 is 0 Å². The van der Waals surface area contributed by atoms with Gasteiger partial charge in [-0.05, 0) is 19.4 Å². The molecule has 1 saturated heterocycles. The molecule has 5 heteroatoms. The second-order valence-electron chi connectivity index (χ2n) is 4.86. The van der Waals surface area contributed by atoms with Gasteiger partial charge in [-0.2, -0.15) is 0 Å². The molecule has 0 aromatic heterocycles. The molecule has 1 heterocycles. The monoisotopic (exact) mass is 242 g/mol. The fourth-order valence-corrected chi connectivity index (χ4v) is 2.16. The summed E-state index contributed by atoms with van der Waals surface area (Å²) in [6, 6.07) is 0. The molecular weight excluding hydrogens is 220 g/mol. The predicted molar refractivity (Wildman–Crippen MR) is 64.6 cm³/mol. The van der Waals surface area contributed by atoms with Crippen LogP contribution in [0.15, 0.2) is 0 Å². The summed E-state index contributed by atoms with van der Waals surface area (Å²) < 4.78 is 0. The highest BCUT2D eigenvalue weighted by molar-refractivity contribution is 5.80. The molecule has 5 nitrogen and oxygen atoms in total. The van der Waals surface area contributed by atoms with Crippen LogP contribution in [0.1, 0.15) is 20.8 Å². The summed E-state index contributed by atoms with van der Waals surface area (Å²) in [6.07, 6.45) is 0. The standard InChI is InChI=1S/C12H22N2O3/c1-4-14(7-9(3)12(16)17)11(15)10-6-13-5-8(10)2/h8-10,13H,4-7H2,1-3H3,(H,16,17). The molecule has 1 aliphatic heterocycles. The van der Waals surface area contributed by atoms with Crippen molar-refractivity contribution in [2.24, 2.45) is 17.8 Å². The zero-order valence-corrected chi connectivity index (χ0v) is 10.8. The number of hydrogen-bond acceptors (Lipinski definition) is 3. The zero-order chi connectivity index (χ0) is 13.0. The maximum Gasteiger partial charge on any atom is 0.308 e. The largest absolute Gasteiger partial charge is 0.481 e. The summed E-state index contributed by atoms with van der Waals surface area (Å²) in [4.78, 5) is 24.7. The predicted octanol–water partition coefficient (Wildman–Crippen LogP) is 0.411. The van der Waals surface area contributed by atoms with Gasteiger partial charge in [0.05, 0.1) is 11.8 Å². The highest BCUT2D eigenvalue weighted by atomic mass is 16.4. The van der Waals surface area contributed by atoms with E-state index in [1.807, 2.05) is 6.92 Å². The van der Waals surface area contributed by atoms with Crippen molar-refractivity contribution in [1.29, 1.82) is 0 Å². The first-order valence-electron chi connectivity index (χ1n) is 6.19. The lowest BCUT2D eigenvalue weighted by molar-refractivity contribution is -0.144. The lowest BCUT2D eigenvalue weighted by Gasteiger charge is -2.27. The Morgan fingerprint density at radius 2 is 2.12 bits per heavy atom. The lowest BCUT2D eigenvalue weighted by atomic mass is 9.96. The van der Waals surface area contributed by atoms with Crippen LogP contribution in [0.25, 0.3) is 0 Å². The van der Waals surface area contributed by atoms with Crippen LogP contribution in [0.2, 0.25) is 0 Å². The molecule has 1 aliphatic rings. The minimum Gasteiger partial charge on any atom is -0.481 e. The van der Waals surface area contributed by atoms with Crippen LogP contribution < -0.4 is 5.32 Å². The number of carboxylic acids is 1. The summed E-state index contributed by atoms with van der Waals surface area (Å²) in [5.41, 5.74) is 0. The van der Waals surface area contributed by atoms with E-state index in [1.54, 1.807) is 11.8 Å². The molecule has 3 atom stereocenters. The maximum absolute atomic E-state index is 12.2. The third kappa shape index (κ3) is 3.43. The number of aliphatic carboxylic acids is 1. The number of carboxylic acid groups (broad SMARTS) is 1. The number of nitrogens with zero attached hydrogens (tertiary/aromatic N) is 1. The van der Waals surface area contributed by atoms with Crippen LogP contribution in [-0.2, 0) is 9.59 Å². The van der Waals surface area contributed by atoms with Gasteiger partial charge in [0.15, 0.2) is 0 Å². The minimum atomic E-state index is -0.853. The molecule has 0 aromatic carbocycles. The smallest absolute Gasteiger partial charge is 0.308 e. The van der Waals surface area contributed by atoms with Crippen LogP contribution in [0.5, 0.6) is 0 Å². The normalized spacial score (nSPS) is 25.6. The Morgan fingerprint density at radius 1 is 1.47 bits per heavy atom. The highest BCUT2D eigenvalue weighted by Gasteiger charge is 2.33. The molecule has 0 saturated carbocycles. The summed E-state index contributed by atoms with van der Waals surface area (Å²) in [6.45, 7) is 8.01. The molecular formula is C12H22N2O3. The molecule has 3 unspecified atom stereocenters. The minimum absolute atomic E-state index is 0.00375. The van der Waals surface area contributed by atoms with E-state index < -0.39 is 11.9 Å². The van der Waals surface area contributed by atoms with Crippen molar-refractivity contribution >= 4 is 11.9 Å². The van der Waals surface area contributed by atoms with E-state index in [0.717, 1.165) is 6.54 Å². The van der Waals surface area contributed by atoms with Gasteiger partial charge in [0.25, 0.3) is 0 Å². The fraction of sp³-hybridized carbons (Fsp3) is 0.833. The average molecular weight is 242 g/mol. The maximum atomic E-state index is 12.2. The van der Waals surface area contributed by atoms with E-state index in [1.165, 1.54) is 0 Å². The Hall–Kier alpha value is -1.10. The molecule has 1 rings (SSSR count). The Kier molecular flexibility index (Phi) is 4.93. The van der Waals surface area contributed by atoms with Crippen LogP contribution in [0, 0.1) is 17.8 Å². The van der Waals surface area contributed by atoms with Gasteiger partial charge >= 0.3 is 5.97 Å². The van der Waals surface area contributed by atoms with Crippen LogP contribution in [-0.4, -0.2) is 48.1 Å². The molecule has 17 heavy (non-hydrogen) atoms. The second-order valence-corrected chi connectivity index (χ2v) is 4.86. The number of hydrogen-bond donors (Lipinski definition) is 2.